The molecule has 1 heterocycles. The molecule has 0 aliphatic heterocycles. The molecule has 0 aliphatic rings. The van der Waals surface area contributed by atoms with E-state index in [1.165, 1.54) is 17.4 Å². The fourth-order valence-electron chi connectivity index (χ4n) is 2.34. The van der Waals surface area contributed by atoms with Crippen LogP contribution in [0.25, 0.3) is 16.3 Å². The lowest BCUT2D eigenvalue weighted by Crippen LogP contribution is -2.15. The van der Waals surface area contributed by atoms with Gasteiger partial charge in [0.25, 0.3) is 5.91 Å². The van der Waals surface area contributed by atoms with Crippen molar-refractivity contribution < 1.29 is 4.79 Å². The normalized spacial score (nSPS) is 12.4. The predicted octanol–water partition coefficient (Wildman–Crippen LogP) is 5.28. The van der Waals surface area contributed by atoms with Crippen molar-refractivity contribution in [2.45, 2.75) is 13.5 Å². The molecule has 6 heteroatoms. The average molecular weight is 422 g/mol. The number of aromatic nitrogens is 1. The molecular formula is C18H14BrClN2OS. The molecule has 1 amide bonds. The van der Waals surface area contributed by atoms with E-state index in [4.69, 9.17) is 11.6 Å². The maximum absolute atomic E-state index is 12.2. The summed E-state index contributed by atoms with van der Waals surface area (Å²) in [6.45, 7) is 2.79. The number of amides is 1. The molecule has 3 nitrogen and oxygen atoms in total. The molecule has 0 fully saturated rings. The number of aryl methyl sites for hydroxylation is 1. The monoisotopic (exact) mass is 420 g/mol. The number of hydrogen-bond acceptors (Lipinski definition) is 2. The Morgan fingerprint density at radius 3 is 2.88 bits per heavy atom. The summed E-state index contributed by atoms with van der Waals surface area (Å²) in [6, 6.07) is 13.4. The second-order valence-electron chi connectivity index (χ2n) is 5.05. The zero-order valence-corrected chi connectivity index (χ0v) is 16.0. The van der Waals surface area contributed by atoms with Crippen LogP contribution < -0.4 is 4.80 Å². The summed E-state index contributed by atoms with van der Waals surface area (Å²) in [5.41, 5.74) is 1.87. The molecule has 0 unspecified atom stereocenters. The topological polar surface area (TPSA) is 34.4 Å². The van der Waals surface area contributed by atoms with E-state index in [1.807, 2.05) is 47.9 Å². The van der Waals surface area contributed by atoms with Gasteiger partial charge < -0.3 is 4.57 Å². The summed E-state index contributed by atoms with van der Waals surface area (Å²) in [5.74, 6) is -0.303. The summed E-state index contributed by atoms with van der Waals surface area (Å²) < 4.78 is 4.14. The number of carbonyl (C=O) groups is 1. The Hall–Kier alpha value is -1.69. The van der Waals surface area contributed by atoms with Crippen LogP contribution in [0.1, 0.15) is 12.5 Å². The number of carbonyl (C=O) groups excluding carboxylic acids is 1. The first-order chi connectivity index (χ1) is 11.6. The molecule has 2 aromatic carbocycles. The minimum absolute atomic E-state index is 0.303. The van der Waals surface area contributed by atoms with Gasteiger partial charge in [-0.05, 0) is 42.8 Å². The molecule has 0 aliphatic carbocycles. The molecule has 122 valence electrons. The Balaban J connectivity index is 1.97. The summed E-state index contributed by atoms with van der Waals surface area (Å²) in [5, 5.41) is 0.608. The highest BCUT2D eigenvalue weighted by molar-refractivity contribution is 9.10. The van der Waals surface area contributed by atoms with Gasteiger partial charge in [0.1, 0.15) is 0 Å². The standard InChI is InChI=1S/C18H14BrClN2OS/c1-2-22-15-9-8-13(19)11-16(15)24-18(22)21-17(23)10-7-12-5-3-4-6-14(12)20/h3-11H,2H2,1H3. The molecule has 0 radical (unpaired) electrons. The summed E-state index contributed by atoms with van der Waals surface area (Å²) in [6.07, 6.45) is 3.13. The van der Waals surface area contributed by atoms with Crippen LogP contribution in [-0.2, 0) is 11.3 Å². The van der Waals surface area contributed by atoms with Crippen molar-refractivity contribution in [3.63, 3.8) is 0 Å². The largest absolute Gasteiger partial charge is 0.317 e. The zero-order valence-electron chi connectivity index (χ0n) is 12.9. The Labute approximate surface area is 157 Å². The van der Waals surface area contributed by atoms with Crippen LogP contribution in [-0.4, -0.2) is 10.5 Å². The number of nitrogens with zero attached hydrogens (tertiary/aromatic N) is 2. The zero-order chi connectivity index (χ0) is 17.1. The number of fused-ring (bicyclic) bond motifs is 1. The lowest BCUT2D eigenvalue weighted by molar-refractivity contribution is -0.113. The Morgan fingerprint density at radius 1 is 1.33 bits per heavy atom. The van der Waals surface area contributed by atoms with Gasteiger partial charge >= 0.3 is 0 Å². The quantitative estimate of drug-likeness (QED) is 0.530. The second-order valence-corrected chi connectivity index (χ2v) is 7.38. The molecular weight excluding hydrogens is 408 g/mol. The highest BCUT2D eigenvalue weighted by Crippen LogP contribution is 2.22. The lowest BCUT2D eigenvalue weighted by Gasteiger charge is -1.99. The number of thiazole rings is 1. The molecule has 0 N–H and O–H groups in total. The van der Waals surface area contributed by atoms with Crippen molar-refractivity contribution in [2.24, 2.45) is 4.99 Å². The molecule has 3 aromatic rings. The Kier molecular flexibility index (Phi) is 5.33. The van der Waals surface area contributed by atoms with E-state index in [2.05, 4.69) is 20.9 Å². The molecule has 0 bridgehead atoms. The van der Waals surface area contributed by atoms with Crippen LogP contribution in [0.15, 0.2) is 58.0 Å². The van der Waals surface area contributed by atoms with Crippen molar-refractivity contribution in [3.05, 3.63) is 68.4 Å². The van der Waals surface area contributed by atoms with Crippen LogP contribution in [0.3, 0.4) is 0 Å². The van der Waals surface area contributed by atoms with Crippen molar-refractivity contribution in [1.29, 1.82) is 0 Å². The summed E-state index contributed by atoms with van der Waals surface area (Å²) in [4.78, 5) is 17.1. The fourth-order valence-corrected chi connectivity index (χ4v) is 4.19. The number of halogens is 2. The minimum Gasteiger partial charge on any atom is -0.317 e. The maximum atomic E-state index is 12.2. The average Bonchev–Trinajstić information content (AvgIpc) is 2.90. The first-order valence-electron chi connectivity index (χ1n) is 7.38. The van der Waals surface area contributed by atoms with Crippen molar-refractivity contribution in [1.82, 2.24) is 4.57 Å². The predicted molar refractivity (Wildman–Crippen MR) is 104 cm³/mol. The molecule has 24 heavy (non-hydrogen) atoms. The van der Waals surface area contributed by atoms with Crippen molar-refractivity contribution in [3.8, 4) is 0 Å². The van der Waals surface area contributed by atoms with Gasteiger partial charge in [-0.3, -0.25) is 4.79 Å². The number of hydrogen-bond donors (Lipinski definition) is 0. The van der Waals surface area contributed by atoms with E-state index in [9.17, 15) is 4.79 Å². The lowest BCUT2D eigenvalue weighted by atomic mass is 10.2. The van der Waals surface area contributed by atoms with Crippen LogP contribution in [0.5, 0.6) is 0 Å². The minimum atomic E-state index is -0.303. The first-order valence-corrected chi connectivity index (χ1v) is 9.37. The van der Waals surface area contributed by atoms with E-state index in [0.717, 1.165) is 26.8 Å². The second kappa shape index (κ2) is 7.47. The highest BCUT2D eigenvalue weighted by Gasteiger charge is 2.06. The van der Waals surface area contributed by atoms with Gasteiger partial charge in [-0.15, -0.1) is 0 Å². The summed E-state index contributed by atoms with van der Waals surface area (Å²) in [7, 11) is 0. The molecule has 0 saturated carbocycles. The van der Waals surface area contributed by atoms with Gasteiger partial charge in [0.2, 0.25) is 0 Å². The van der Waals surface area contributed by atoms with Crippen LogP contribution in [0, 0.1) is 0 Å². The maximum Gasteiger partial charge on any atom is 0.272 e. The molecule has 3 rings (SSSR count). The number of rotatable bonds is 3. The van der Waals surface area contributed by atoms with E-state index in [0.29, 0.717) is 9.82 Å². The van der Waals surface area contributed by atoms with Gasteiger partial charge in [0, 0.05) is 22.1 Å². The van der Waals surface area contributed by atoms with E-state index in [1.54, 1.807) is 12.1 Å². The van der Waals surface area contributed by atoms with Crippen LogP contribution in [0.4, 0.5) is 0 Å². The fraction of sp³-hybridized carbons (Fsp3) is 0.111. The van der Waals surface area contributed by atoms with E-state index in [-0.39, 0.29) is 5.91 Å². The molecule has 0 atom stereocenters. The Morgan fingerprint density at radius 2 is 2.12 bits per heavy atom. The smallest absolute Gasteiger partial charge is 0.272 e. The van der Waals surface area contributed by atoms with Crippen molar-refractivity contribution >= 4 is 61.1 Å². The highest BCUT2D eigenvalue weighted by atomic mass is 79.9. The van der Waals surface area contributed by atoms with Crippen LogP contribution in [0.2, 0.25) is 5.02 Å². The Bertz CT molecular complexity index is 1000. The van der Waals surface area contributed by atoms with Gasteiger partial charge in [0.15, 0.2) is 4.80 Å². The van der Waals surface area contributed by atoms with Gasteiger partial charge in [0.05, 0.1) is 10.2 Å². The van der Waals surface area contributed by atoms with Gasteiger partial charge in [-0.1, -0.05) is 57.1 Å². The third-order valence-corrected chi connectivity index (χ3v) is 5.36. The van der Waals surface area contributed by atoms with Gasteiger partial charge in [-0.2, -0.15) is 4.99 Å². The number of benzene rings is 2. The molecule has 1 aromatic heterocycles. The van der Waals surface area contributed by atoms with Crippen LogP contribution >= 0.6 is 38.9 Å². The molecule has 0 spiro atoms. The van der Waals surface area contributed by atoms with E-state index >= 15 is 0 Å². The molecule has 0 saturated heterocycles. The van der Waals surface area contributed by atoms with Crippen molar-refractivity contribution in [2.75, 3.05) is 0 Å². The summed E-state index contributed by atoms with van der Waals surface area (Å²) >= 11 is 11.1. The first kappa shape index (κ1) is 17.1. The van der Waals surface area contributed by atoms with E-state index < -0.39 is 0 Å². The van der Waals surface area contributed by atoms with Gasteiger partial charge in [-0.25, -0.2) is 0 Å². The third-order valence-electron chi connectivity index (χ3n) is 3.48. The third kappa shape index (κ3) is 3.69. The SMILES string of the molecule is CCn1c(=NC(=O)C=Cc2ccccc2Cl)sc2cc(Br)ccc21.